The number of rotatable bonds is 5. The molecule has 0 amide bonds. The fraction of sp³-hybridized carbons (Fsp3) is 0.727. The third-order valence-electron chi connectivity index (χ3n) is 3.99. The summed E-state index contributed by atoms with van der Waals surface area (Å²) < 4.78 is 29.5. The summed E-state index contributed by atoms with van der Waals surface area (Å²) >= 11 is 3.31. The summed E-state index contributed by atoms with van der Waals surface area (Å²) in [6.07, 6.45) is 5.41. The highest BCUT2D eigenvalue weighted by Gasteiger charge is 2.43. The second-order valence-corrected chi connectivity index (χ2v) is 7.68. The molecule has 0 spiro atoms. The lowest BCUT2D eigenvalue weighted by Gasteiger charge is -2.26. The van der Waals surface area contributed by atoms with Crippen molar-refractivity contribution in [2.75, 3.05) is 13.1 Å². The van der Waals surface area contributed by atoms with Gasteiger partial charge in [-0.15, -0.1) is 0 Å². The van der Waals surface area contributed by atoms with Crippen molar-refractivity contribution < 1.29 is 8.42 Å². The largest absolute Gasteiger partial charge is 0.347 e. The molecule has 3 rings (SSSR count). The molecule has 19 heavy (non-hydrogen) atoms. The molecule has 2 N–H and O–H groups in total. The average molecular weight is 349 g/mol. The monoisotopic (exact) mass is 348 g/mol. The van der Waals surface area contributed by atoms with Gasteiger partial charge in [0.05, 0.1) is 12.0 Å². The minimum Gasteiger partial charge on any atom is -0.347 e. The quantitative estimate of drug-likeness (QED) is 0.834. The average Bonchev–Trinajstić information content (AvgIpc) is 3.06. The van der Waals surface area contributed by atoms with Gasteiger partial charge in [0.1, 0.15) is 4.60 Å². The molecule has 1 saturated carbocycles. The molecule has 8 heteroatoms. The lowest BCUT2D eigenvalue weighted by Crippen LogP contribution is -2.45. The third-order valence-corrected chi connectivity index (χ3v) is 6.31. The van der Waals surface area contributed by atoms with Crippen LogP contribution in [0.1, 0.15) is 25.0 Å². The van der Waals surface area contributed by atoms with E-state index in [0.29, 0.717) is 25.4 Å². The van der Waals surface area contributed by atoms with Gasteiger partial charge in [-0.2, -0.15) is 12.7 Å². The first-order valence-electron chi connectivity index (χ1n) is 6.50. The smallest absolute Gasteiger partial charge is 0.279 e. The Morgan fingerprint density at radius 3 is 2.95 bits per heavy atom. The molecule has 1 aliphatic heterocycles. The Morgan fingerprint density at radius 2 is 2.37 bits per heavy atom. The van der Waals surface area contributed by atoms with Crippen LogP contribution in [0, 0.1) is 5.92 Å². The van der Waals surface area contributed by atoms with Gasteiger partial charge in [0, 0.05) is 25.6 Å². The van der Waals surface area contributed by atoms with Crippen molar-refractivity contribution in [3.8, 4) is 0 Å². The molecular formula is C11H17BrN4O2S. The topological polar surface area (TPSA) is 78.1 Å². The van der Waals surface area contributed by atoms with Crippen molar-refractivity contribution >= 4 is 26.1 Å². The number of nitrogens with one attached hydrogen (secondary N) is 2. The van der Waals surface area contributed by atoms with Crippen LogP contribution in [-0.2, 0) is 16.6 Å². The number of aromatic amines is 1. The molecule has 106 valence electrons. The van der Waals surface area contributed by atoms with E-state index in [4.69, 9.17) is 0 Å². The van der Waals surface area contributed by atoms with Crippen molar-refractivity contribution in [3.05, 3.63) is 16.6 Å². The number of halogens is 1. The number of fused-ring (bicyclic) bond motifs is 2. The number of nitrogens with zero attached hydrogens (tertiary/aromatic N) is 2. The summed E-state index contributed by atoms with van der Waals surface area (Å²) in [5.41, 5.74) is 0.908. The molecule has 2 bridgehead atoms. The molecular weight excluding hydrogens is 332 g/mol. The van der Waals surface area contributed by atoms with Crippen LogP contribution in [0.15, 0.2) is 10.9 Å². The number of imidazole rings is 1. The zero-order valence-corrected chi connectivity index (χ0v) is 12.9. The molecule has 1 aromatic rings. The Kier molecular flexibility index (Phi) is 3.67. The lowest BCUT2D eigenvalue weighted by molar-refractivity contribution is 0.329. The van der Waals surface area contributed by atoms with Crippen LogP contribution in [-0.4, -0.2) is 41.8 Å². The molecule has 2 aliphatic rings. The van der Waals surface area contributed by atoms with E-state index in [1.807, 2.05) is 0 Å². The fourth-order valence-corrected chi connectivity index (χ4v) is 4.97. The Hall–Kier alpha value is -0.440. The van der Waals surface area contributed by atoms with Gasteiger partial charge in [-0.25, -0.2) is 9.71 Å². The maximum Gasteiger partial charge on any atom is 0.279 e. The van der Waals surface area contributed by atoms with Gasteiger partial charge < -0.3 is 4.98 Å². The molecule has 1 aromatic heterocycles. The van der Waals surface area contributed by atoms with Crippen LogP contribution >= 0.6 is 15.9 Å². The van der Waals surface area contributed by atoms with Gasteiger partial charge in [0.25, 0.3) is 10.2 Å². The maximum atomic E-state index is 12.2. The van der Waals surface area contributed by atoms with Crippen LogP contribution in [0.5, 0.6) is 0 Å². The number of hydrogen-bond acceptors (Lipinski definition) is 3. The minimum atomic E-state index is -3.32. The van der Waals surface area contributed by atoms with Crippen molar-refractivity contribution in [3.63, 3.8) is 0 Å². The predicted octanol–water partition coefficient (Wildman–Crippen LogP) is 1.03. The molecule has 2 unspecified atom stereocenters. The predicted molar refractivity (Wildman–Crippen MR) is 74.7 cm³/mol. The van der Waals surface area contributed by atoms with E-state index in [2.05, 4.69) is 30.6 Å². The first-order chi connectivity index (χ1) is 9.06. The molecule has 2 heterocycles. The number of H-pyrrole nitrogens is 1. The van der Waals surface area contributed by atoms with Gasteiger partial charge in [-0.1, -0.05) is 0 Å². The Balaban J connectivity index is 1.56. The summed E-state index contributed by atoms with van der Waals surface area (Å²) in [5.74, 6) is 0.573. The van der Waals surface area contributed by atoms with Crippen LogP contribution in [0.25, 0.3) is 0 Å². The van der Waals surface area contributed by atoms with Gasteiger partial charge >= 0.3 is 0 Å². The van der Waals surface area contributed by atoms with E-state index >= 15 is 0 Å². The molecule has 1 saturated heterocycles. The number of hydrogen-bond donors (Lipinski definition) is 2. The Labute approximate surface area is 121 Å². The van der Waals surface area contributed by atoms with Crippen LogP contribution in [0.4, 0.5) is 0 Å². The van der Waals surface area contributed by atoms with Crippen LogP contribution in [0.2, 0.25) is 0 Å². The maximum absolute atomic E-state index is 12.2. The summed E-state index contributed by atoms with van der Waals surface area (Å²) in [6.45, 7) is 1.07. The molecule has 0 radical (unpaired) electrons. The van der Waals surface area contributed by atoms with Gasteiger partial charge in [0.2, 0.25) is 0 Å². The molecule has 0 aromatic carbocycles. The van der Waals surface area contributed by atoms with E-state index in [1.54, 1.807) is 10.6 Å². The standard InChI is InChI=1S/C11H17BrN4O2S/c12-11-10(13-7-14-11)3-4-15-19(17,18)16-6-8-1-2-9(16)5-8/h7-9,15H,1-6H2,(H,13,14). The van der Waals surface area contributed by atoms with E-state index in [1.165, 1.54) is 6.42 Å². The van der Waals surface area contributed by atoms with E-state index in [0.717, 1.165) is 23.1 Å². The first kappa shape index (κ1) is 13.5. The van der Waals surface area contributed by atoms with Crippen molar-refractivity contribution in [2.45, 2.75) is 31.7 Å². The van der Waals surface area contributed by atoms with Gasteiger partial charge in [-0.3, -0.25) is 0 Å². The zero-order chi connectivity index (χ0) is 13.5. The Bertz CT molecular complexity index is 559. The molecule has 2 fully saturated rings. The SMILES string of the molecule is O=S(=O)(NCCc1[nH]cnc1Br)N1CC2CCC1C2. The number of aromatic nitrogens is 2. The highest BCUT2D eigenvalue weighted by Crippen LogP contribution is 2.38. The van der Waals surface area contributed by atoms with Crippen LogP contribution < -0.4 is 4.72 Å². The minimum absolute atomic E-state index is 0.224. The first-order valence-corrected chi connectivity index (χ1v) is 8.74. The molecule has 2 atom stereocenters. The summed E-state index contributed by atoms with van der Waals surface area (Å²) in [6, 6.07) is 0.224. The summed E-state index contributed by atoms with van der Waals surface area (Å²) in [7, 11) is -3.32. The molecule has 6 nitrogen and oxygen atoms in total. The highest BCUT2D eigenvalue weighted by atomic mass is 79.9. The Morgan fingerprint density at radius 1 is 1.53 bits per heavy atom. The molecule has 1 aliphatic carbocycles. The normalized spacial score (nSPS) is 27.2. The van der Waals surface area contributed by atoms with E-state index in [9.17, 15) is 8.42 Å². The fourth-order valence-electron chi connectivity index (χ4n) is 3.04. The van der Waals surface area contributed by atoms with Gasteiger partial charge in [-0.05, 0) is 41.1 Å². The van der Waals surface area contributed by atoms with E-state index < -0.39 is 10.2 Å². The van der Waals surface area contributed by atoms with Crippen LogP contribution in [0.3, 0.4) is 0 Å². The summed E-state index contributed by atoms with van der Waals surface area (Å²) in [5, 5.41) is 0. The zero-order valence-electron chi connectivity index (χ0n) is 10.5. The van der Waals surface area contributed by atoms with Crippen molar-refractivity contribution in [1.29, 1.82) is 0 Å². The van der Waals surface area contributed by atoms with E-state index in [-0.39, 0.29) is 6.04 Å². The second-order valence-electron chi connectivity index (χ2n) is 5.22. The third kappa shape index (κ3) is 2.72. The van der Waals surface area contributed by atoms with Crippen molar-refractivity contribution in [1.82, 2.24) is 19.0 Å². The number of piperidine rings is 1. The van der Waals surface area contributed by atoms with Crippen molar-refractivity contribution in [2.24, 2.45) is 5.92 Å². The summed E-state index contributed by atoms with van der Waals surface area (Å²) in [4.78, 5) is 7.00. The second kappa shape index (κ2) is 5.16. The lowest BCUT2D eigenvalue weighted by atomic mass is 10.1. The highest BCUT2D eigenvalue weighted by molar-refractivity contribution is 9.10. The van der Waals surface area contributed by atoms with Gasteiger partial charge in [0.15, 0.2) is 0 Å².